The Balaban J connectivity index is 2.78. The maximum Gasteiger partial charge on any atom is 0.379 e. The Hall–Kier alpha value is -2.24. The predicted octanol–water partition coefficient (Wildman–Crippen LogP) is 0.508. The molecule has 0 aliphatic heterocycles. The van der Waals surface area contributed by atoms with E-state index >= 15 is 0 Å². The fourth-order valence-electron chi connectivity index (χ4n) is 0.911. The molecule has 0 unspecified atom stereocenters. The first-order valence-corrected chi connectivity index (χ1v) is 4.54. The highest BCUT2D eigenvalue weighted by Crippen LogP contribution is 2.07. The van der Waals surface area contributed by atoms with Crippen LogP contribution in [0.25, 0.3) is 5.76 Å². The SMILES string of the molecule is CCOC(=O)C(=O)C=C(O)c1ccnnc1. The minimum absolute atomic E-state index is 0.107. The van der Waals surface area contributed by atoms with E-state index in [9.17, 15) is 14.7 Å². The van der Waals surface area contributed by atoms with Crippen molar-refractivity contribution in [3.63, 3.8) is 0 Å². The average molecular weight is 222 g/mol. The van der Waals surface area contributed by atoms with Crippen LogP contribution >= 0.6 is 0 Å². The summed E-state index contributed by atoms with van der Waals surface area (Å²) in [5.41, 5.74) is 0.299. The molecule has 0 fully saturated rings. The molecule has 1 rings (SSSR count). The Bertz CT molecular complexity index is 414. The molecule has 1 N–H and O–H groups in total. The topological polar surface area (TPSA) is 89.4 Å². The summed E-state index contributed by atoms with van der Waals surface area (Å²) in [5.74, 6) is -2.28. The first-order valence-electron chi connectivity index (χ1n) is 4.54. The van der Waals surface area contributed by atoms with Crippen molar-refractivity contribution in [2.75, 3.05) is 6.61 Å². The molecule has 0 saturated heterocycles. The standard InChI is InChI=1S/C10H10N2O4/c1-2-16-10(15)9(14)5-8(13)7-3-4-11-12-6-7/h3-6,13H,2H2,1H3. The Morgan fingerprint density at radius 3 is 2.81 bits per heavy atom. The number of rotatable bonds is 4. The minimum atomic E-state index is -1.00. The predicted molar refractivity (Wildman–Crippen MR) is 54.3 cm³/mol. The lowest BCUT2D eigenvalue weighted by molar-refractivity contribution is -0.151. The zero-order valence-electron chi connectivity index (χ0n) is 8.58. The van der Waals surface area contributed by atoms with Crippen LogP contribution in [0.15, 0.2) is 24.5 Å². The van der Waals surface area contributed by atoms with Crippen molar-refractivity contribution in [3.05, 3.63) is 30.1 Å². The molecule has 0 atom stereocenters. The van der Waals surface area contributed by atoms with E-state index in [1.165, 1.54) is 18.5 Å². The third kappa shape index (κ3) is 3.16. The number of esters is 1. The number of hydrogen-bond acceptors (Lipinski definition) is 6. The van der Waals surface area contributed by atoms with E-state index in [4.69, 9.17) is 0 Å². The number of nitrogens with zero attached hydrogens (tertiary/aromatic N) is 2. The number of hydrogen-bond donors (Lipinski definition) is 1. The molecule has 1 aromatic heterocycles. The molecule has 0 aliphatic carbocycles. The van der Waals surface area contributed by atoms with E-state index in [2.05, 4.69) is 14.9 Å². The quantitative estimate of drug-likeness (QED) is 0.345. The summed E-state index contributed by atoms with van der Waals surface area (Å²) in [7, 11) is 0. The first kappa shape index (κ1) is 11.8. The second kappa shape index (κ2) is 5.59. The number of carbonyl (C=O) groups excluding carboxylic acids is 2. The van der Waals surface area contributed by atoms with Crippen LogP contribution in [0.5, 0.6) is 0 Å². The zero-order valence-corrected chi connectivity index (χ0v) is 8.58. The van der Waals surface area contributed by atoms with Crippen LogP contribution in [0.3, 0.4) is 0 Å². The summed E-state index contributed by atoms with van der Waals surface area (Å²) in [4.78, 5) is 22.1. The molecule has 0 aromatic carbocycles. The summed E-state index contributed by atoms with van der Waals surface area (Å²) in [6.45, 7) is 1.69. The smallest absolute Gasteiger partial charge is 0.379 e. The number of aliphatic hydroxyl groups excluding tert-OH is 1. The van der Waals surface area contributed by atoms with E-state index in [-0.39, 0.29) is 12.4 Å². The van der Waals surface area contributed by atoms with Gasteiger partial charge in [0.15, 0.2) is 0 Å². The normalized spacial score (nSPS) is 10.9. The molecule has 1 aromatic rings. The van der Waals surface area contributed by atoms with Gasteiger partial charge in [0.1, 0.15) is 5.76 Å². The van der Waals surface area contributed by atoms with E-state index in [1.54, 1.807) is 6.92 Å². The van der Waals surface area contributed by atoms with Crippen molar-refractivity contribution < 1.29 is 19.4 Å². The summed E-state index contributed by atoms with van der Waals surface area (Å²) in [5, 5.41) is 16.5. The lowest BCUT2D eigenvalue weighted by Gasteiger charge is -1.99. The fraction of sp³-hybridized carbons (Fsp3) is 0.200. The minimum Gasteiger partial charge on any atom is -0.507 e. The molecular formula is C10H10N2O4. The number of carbonyl (C=O) groups is 2. The van der Waals surface area contributed by atoms with E-state index in [0.29, 0.717) is 5.56 Å². The maximum absolute atomic E-state index is 11.2. The van der Waals surface area contributed by atoms with Crippen molar-refractivity contribution in [2.24, 2.45) is 0 Å². The summed E-state index contributed by atoms with van der Waals surface area (Å²) < 4.78 is 4.47. The van der Waals surface area contributed by atoms with Crippen LogP contribution in [-0.2, 0) is 14.3 Å². The molecule has 16 heavy (non-hydrogen) atoms. The second-order valence-electron chi connectivity index (χ2n) is 2.75. The van der Waals surface area contributed by atoms with Crippen LogP contribution in [0.2, 0.25) is 0 Å². The summed E-state index contributed by atoms with van der Waals surface area (Å²) in [6.07, 6.45) is 3.41. The van der Waals surface area contributed by atoms with E-state index in [1.807, 2.05) is 0 Å². The van der Waals surface area contributed by atoms with Crippen molar-refractivity contribution >= 4 is 17.5 Å². The van der Waals surface area contributed by atoms with Gasteiger partial charge in [0.25, 0.3) is 5.78 Å². The third-order valence-electron chi connectivity index (χ3n) is 1.62. The molecule has 0 aliphatic rings. The van der Waals surface area contributed by atoms with Crippen molar-refractivity contribution in [1.29, 1.82) is 0 Å². The van der Waals surface area contributed by atoms with Crippen LogP contribution in [0.4, 0.5) is 0 Å². The van der Waals surface area contributed by atoms with Crippen LogP contribution in [0, 0.1) is 0 Å². The van der Waals surface area contributed by atoms with Gasteiger partial charge in [0.05, 0.1) is 19.0 Å². The molecule has 1 heterocycles. The van der Waals surface area contributed by atoms with Crippen molar-refractivity contribution in [3.8, 4) is 0 Å². The summed E-state index contributed by atoms with van der Waals surface area (Å²) in [6, 6.07) is 1.46. The molecule has 0 bridgehead atoms. The Kier molecular flexibility index (Phi) is 4.14. The van der Waals surface area contributed by atoms with Crippen molar-refractivity contribution in [1.82, 2.24) is 10.2 Å². The highest BCUT2D eigenvalue weighted by Gasteiger charge is 2.13. The highest BCUT2D eigenvalue weighted by molar-refractivity contribution is 6.39. The van der Waals surface area contributed by atoms with E-state index in [0.717, 1.165) is 6.08 Å². The molecule has 84 valence electrons. The van der Waals surface area contributed by atoms with Crippen LogP contribution in [-0.4, -0.2) is 33.7 Å². The van der Waals surface area contributed by atoms with Gasteiger partial charge in [0.2, 0.25) is 0 Å². The number of aliphatic hydroxyl groups is 1. The van der Waals surface area contributed by atoms with Crippen molar-refractivity contribution in [2.45, 2.75) is 6.92 Å². The number of ether oxygens (including phenoxy) is 1. The average Bonchev–Trinajstić information content (AvgIpc) is 2.30. The monoisotopic (exact) mass is 222 g/mol. The molecular weight excluding hydrogens is 212 g/mol. The van der Waals surface area contributed by atoms with Gasteiger partial charge in [-0.05, 0) is 13.0 Å². The number of ketones is 1. The molecule has 6 nitrogen and oxygen atoms in total. The third-order valence-corrected chi connectivity index (χ3v) is 1.62. The van der Waals surface area contributed by atoms with E-state index < -0.39 is 11.8 Å². The molecule has 0 amide bonds. The molecule has 0 radical (unpaired) electrons. The Morgan fingerprint density at radius 2 is 2.25 bits per heavy atom. The molecule has 0 spiro atoms. The maximum atomic E-state index is 11.2. The first-order chi connectivity index (χ1) is 7.65. The largest absolute Gasteiger partial charge is 0.507 e. The van der Waals surface area contributed by atoms with Gasteiger partial charge < -0.3 is 9.84 Å². The van der Waals surface area contributed by atoms with Gasteiger partial charge >= 0.3 is 5.97 Å². The van der Waals surface area contributed by atoms with Gasteiger partial charge in [-0.15, -0.1) is 0 Å². The van der Waals surface area contributed by atoms with Gasteiger partial charge in [-0.1, -0.05) is 0 Å². The zero-order chi connectivity index (χ0) is 12.0. The van der Waals surface area contributed by atoms with Gasteiger partial charge in [-0.2, -0.15) is 10.2 Å². The molecule has 0 saturated carbocycles. The van der Waals surface area contributed by atoms with Gasteiger partial charge in [-0.3, -0.25) is 4.79 Å². The van der Waals surface area contributed by atoms with Gasteiger partial charge in [-0.25, -0.2) is 4.79 Å². The number of aromatic nitrogens is 2. The van der Waals surface area contributed by atoms with Crippen LogP contribution in [0.1, 0.15) is 12.5 Å². The molecule has 6 heteroatoms. The summed E-state index contributed by atoms with van der Waals surface area (Å²) >= 11 is 0. The lowest BCUT2D eigenvalue weighted by atomic mass is 10.2. The Labute approximate surface area is 91.6 Å². The van der Waals surface area contributed by atoms with Crippen LogP contribution < -0.4 is 0 Å². The Morgan fingerprint density at radius 1 is 1.50 bits per heavy atom. The fourth-order valence-corrected chi connectivity index (χ4v) is 0.911. The highest BCUT2D eigenvalue weighted by atomic mass is 16.5. The van der Waals surface area contributed by atoms with Gasteiger partial charge in [0, 0.05) is 11.6 Å². The lowest BCUT2D eigenvalue weighted by Crippen LogP contribution is -2.15. The second-order valence-corrected chi connectivity index (χ2v) is 2.75.